The Balaban J connectivity index is 1.69. The van der Waals surface area contributed by atoms with Crippen LogP contribution in [0.4, 0.5) is 0 Å². The fourth-order valence-electron chi connectivity index (χ4n) is 3.20. The molecule has 1 aliphatic heterocycles. The van der Waals surface area contributed by atoms with Crippen molar-refractivity contribution < 1.29 is 9.52 Å². The van der Waals surface area contributed by atoms with Gasteiger partial charge in [0.1, 0.15) is 24.0 Å². The third-order valence-electron chi connectivity index (χ3n) is 4.52. The smallest absolute Gasteiger partial charge is 0.146 e. The molecule has 3 rings (SSSR count). The molecule has 2 aromatic rings. The molecule has 2 unspecified atom stereocenters. The van der Waals surface area contributed by atoms with E-state index in [0.717, 1.165) is 25.3 Å². The Morgan fingerprint density at radius 2 is 2.32 bits per heavy atom. The van der Waals surface area contributed by atoms with Crippen molar-refractivity contribution in [2.45, 2.75) is 50.8 Å². The van der Waals surface area contributed by atoms with Crippen LogP contribution in [0.1, 0.15) is 49.8 Å². The van der Waals surface area contributed by atoms with E-state index < -0.39 is 6.10 Å². The Morgan fingerprint density at radius 3 is 3.05 bits per heavy atom. The van der Waals surface area contributed by atoms with E-state index in [1.165, 1.54) is 19.3 Å². The Morgan fingerprint density at radius 1 is 1.41 bits per heavy atom. The first-order valence-corrected chi connectivity index (χ1v) is 8.02. The largest absolute Gasteiger partial charge is 0.467 e. The van der Waals surface area contributed by atoms with Crippen LogP contribution in [0, 0.1) is 0 Å². The lowest BCUT2D eigenvalue weighted by Crippen LogP contribution is -2.36. The molecule has 1 aliphatic rings. The molecular formula is C16H24N4O2. The fourth-order valence-corrected chi connectivity index (χ4v) is 3.20. The van der Waals surface area contributed by atoms with E-state index >= 15 is 0 Å². The Bertz CT molecular complexity index is 566. The van der Waals surface area contributed by atoms with Crippen molar-refractivity contribution in [1.82, 2.24) is 19.7 Å². The summed E-state index contributed by atoms with van der Waals surface area (Å²) in [6.07, 6.45) is 8.28. The summed E-state index contributed by atoms with van der Waals surface area (Å²) >= 11 is 0. The summed E-state index contributed by atoms with van der Waals surface area (Å²) in [6, 6.07) is 4.01. The van der Waals surface area contributed by atoms with Crippen molar-refractivity contribution in [3.05, 3.63) is 36.3 Å². The van der Waals surface area contributed by atoms with Crippen LogP contribution < -0.4 is 0 Å². The molecule has 3 heterocycles. The minimum absolute atomic E-state index is 0.347. The van der Waals surface area contributed by atoms with Gasteiger partial charge >= 0.3 is 0 Å². The molecule has 2 atom stereocenters. The molecule has 120 valence electrons. The number of likely N-dealkylation sites (tertiary alicyclic amines) is 1. The predicted molar refractivity (Wildman–Crippen MR) is 82.0 cm³/mol. The zero-order valence-electron chi connectivity index (χ0n) is 13.1. The molecule has 2 aromatic heterocycles. The van der Waals surface area contributed by atoms with Crippen molar-refractivity contribution in [1.29, 1.82) is 0 Å². The summed E-state index contributed by atoms with van der Waals surface area (Å²) in [5, 5.41) is 18.6. The van der Waals surface area contributed by atoms with Crippen LogP contribution in [0.15, 0.2) is 29.1 Å². The van der Waals surface area contributed by atoms with Crippen LogP contribution in [0.5, 0.6) is 0 Å². The monoisotopic (exact) mass is 304 g/mol. The van der Waals surface area contributed by atoms with Crippen molar-refractivity contribution in [2.24, 2.45) is 7.05 Å². The number of aryl methyl sites for hydroxylation is 1. The molecule has 1 saturated heterocycles. The minimum Gasteiger partial charge on any atom is -0.467 e. The number of hydrogen-bond acceptors (Lipinski definition) is 5. The van der Waals surface area contributed by atoms with Crippen molar-refractivity contribution in [3.8, 4) is 0 Å². The molecule has 1 N–H and O–H groups in total. The van der Waals surface area contributed by atoms with Gasteiger partial charge in [-0.25, -0.2) is 0 Å². The highest BCUT2D eigenvalue weighted by molar-refractivity contribution is 5.02. The van der Waals surface area contributed by atoms with Crippen LogP contribution in [0.3, 0.4) is 0 Å². The van der Waals surface area contributed by atoms with Gasteiger partial charge < -0.3 is 14.1 Å². The molecule has 1 fully saturated rings. The molecule has 0 spiro atoms. The Labute approximate surface area is 130 Å². The first kappa shape index (κ1) is 15.2. The minimum atomic E-state index is -0.542. The summed E-state index contributed by atoms with van der Waals surface area (Å²) in [5.41, 5.74) is 0. The number of nitrogens with zero attached hydrogens (tertiary/aromatic N) is 4. The van der Waals surface area contributed by atoms with E-state index in [4.69, 9.17) is 4.42 Å². The first-order chi connectivity index (χ1) is 10.7. The van der Waals surface area contributed by atoms with Crippen LogP contribution >= 0.6 is 0 Å². The van der Waals surface area contributed by atoms with Gasteiger partial charge in [0.05, 0.1) is 12.8 Å². The molecular weight excluding hydrogens is 280 g/mol. The third kappa shape index (κ3) is 3.56. The van der Waals surface area contributed by atoms with E-state index in [2.05, 4.69) is 15.1 Å². The van der Waals surface area contributed by atoms with Gasteiger partial charge in [-0.1, -0.05) is 12.8 Å². The normalized spacial score (nSPS) is 21.6. The lowest BCUT2D eigenvalue weighted by molar-refractivity contribution is 0.0814. The Kier molecular flexibility index (Phi) is 4.90. The third-order valence-corrected chi connectivity index (χ3v) is 4.52. The van der Waals surface area contributed by atoms with Crippen LogP contribution in [-0.2, 0) is 13.6 Å². The highest BCUT2D eigenvalue weighted by atomic mass is 16.4. The average molecular weight is 304 g/mol. The number of furan rings is 1. The van der Waals surface area contributed by atoms with E-state index in [0.29, 0.717) is 18.2 Å². The quantitative estimate of drug-likeness (QED) is 0.918. The first-order valence-electron chi connectivity index (χ1n) is 8.02. The number of aliphatic hydroxyl groups excluding tert-OH is 1. The zero-order chi connectivity index (χ0) is 15.4. The SMILES string of the molecule is Cn1cnnc1CN1CCCCCC1CC(O)c1ccco1. The maximum absolute atomic E-state index is 10.4. The standard InChI is InChI=1S/C16H24N4O2/c1-19-12-17-18-16(19)11-20-8-4-2-3-6-13(20)10-14(21)15-7-5-9-22-15/h5,7,9,12-14,21H,2-4,6,8,10-11H2,1H3. The van der Waals surface area contributed by atoms with E-state index in [1.54, 1.807) is 12.6 Å². The second kappa shape index (κ2) is 7.07. The number of rotatable bonds is 5. The molecule has 0 radical (unpaired) electrons. The second-order valence-corrected chi connectivity index (χ2v) is 6.10. The second-order valence-electron chi connectivity index (χ2n) is 6.10. The zero-order valence-corrected chi connectivity index (χ0v) is 13.1. The molecule has 6 nitrogen and oxygen atoms in total. The van der Waals surface area contributed by atoms with Crippen molar-refractivity contribution in [3.63, 3.8) is 0 Å². The predicted octanol–water partition coefficient (Wildman–Crippen LogP) is 2.28. The number of hydrogen-bond donors (Lipinski definition) is 1. The topological polar surface area (TPSA) is 67.3 Å². The summed E-state index contributed by atoms with van der Waals surface area (Å²) in [6.45, 7) is 1.83. The van der Waals surface area contributed by atoms with Gasteiger partial charge in [0.2, 0.25) is 0 Å². The van der Waals surface area contributed by atoms with Gasteiger partial charge in [-0.2, -0.15) is 0 Å². The van der Waals surface area contributed by atoms with Crippen LogP contribution in [0.25, 0.3) is 0 Å². The van der Waals surface area contributed by atoms with Gasteiger partial charge in [0.15, 0.2) is 0 Å². The lowest BCUT2D eigenvalue weighted by Gasteiger charge is -2.30. The fraction of sp³-hybridized carbons (Fsp3) is 0.625. The molecule has 0 aliphatic carbocycles. The van der Waals surface area contributed by atoms with Gasteiger partial charge in [0.25, 0.3) is 0 Å². The van der Waals surface area contributed by atoms with Crippen LogP contribution in [-0.4, -0.2) is 37.4 Å². The average Bonchev–Trinajstić information content (AvgIpc) is 3.12. The van der Waals surface area contributed by atoms with Crippen molar-refractivity contribution in [2.75, 3.05) is 6.54 Å². The summed E-state index contributed by atoms with van der Waals surface area (Å²) in [7, 11) is 1.97. The van der Waals surface area contributed by atoms with Crippen molar-refractivity contribution >= 4 is 0 Å². The maximum atomic E-state index is 10.4. The number of aliphatic hydroxyl groups is 1. The molecule has 22 heavy (non-hydrogen) atoms. The van der Waals surface area contributed by atoms with Crippen LogP contribution in [0.2, 0.25) is 0 Å². The molecule has 0 aromatic carbocycles. The maximum Gasteiger partial charge on any atom is 0.146 e. The highest BCUT2D eigenvalue weighted by Crippen LogP contribution is 2.27. The molecule has 6 heteroatoms. The molecule has 0 amide bonds. The van der Waals surface area contributed by atoms with Gasteiger partial charge in [-0.15, -0.1) is 10.2 Å². The number of aromatic nitrogens is 3. The summed E-state index contributed by atoms with van der Waals surface area (Å²) in [4.78, 5) is 2.43. The molecule has 0 bridgehead atoms. The highest BCUT2D eigenvalue weighted by Gasteiger charge is 2.26. The summed E-state index contributed by atoms with van der Waals surface area (Å²) in [5.74, 6) is 1.63. The van der Waals surface area contributed by atoms with E-state index in [-0.39, 0.29) is 0 Å². The van der Waals surface area contributed by atoms with Gasteiger partial charge in [-0.05, 0) is 37.9 Å². The van der Waals surface area contributed by atoms with E-state index in [1.807, 2.05) is 23.7 Å². The lowest BCUT2D eigenvalue weighted by atomic mass is 10.0. The van der Waals surface area contributed by atoms with Gasteiger partial charge in [0, 0.05) is 13.1 Å². The summed E-state index contributed by atoms with van der Waals surface area (Å²) < 4.78 is 7.30. The molecule has 0 saturated carbocycles. The van der Waals surface area contributed by atoms with Gasteiger partial charge in [-0.3, -0.25) is 4.90 Å². The van der Waals surface area contributed by atoms with E-state index in [9.17, 15) is 5.11 Å². The Hall–Kier alpha value is -1.66.